The lowest BCUT2D eigenvalue weighted by molar-refractivity contribution is -0.159. The highest BCUT2D eigenvalue weighted by Gasteiger charge is 2.05. The van der Waals surface area contributed by atoms with E-state index in [1.807, 2.05) is 42.5 Å². The van der Waals surface area contributed by atoms with Gasteiger partial charge in [-0.1, -0.05) is 30.3 Å². The van der Waals surface area contributed by atoms with Gasteiger partial charge in [0.15, 0.2) is 0 Å². The van der Waals surface area contributed by atoms with Gasteiger partial charge < -0.3 is 30.5 Å². The lowest BCUT2D eigenvalue weighted by Gasteiger charge is -2.13. The minimum atomic E-state index is -1.82. The van der Waals surface area contributed by atoms with Gasteiger partial charge >= 0.3 is 11.9 Å². The molecule has 2 aromatic rings. The molecular formula is C19H23NO7. The summed E-state index contributed by atoms with van der Waals surface area (Å²) in [6.07, 6.45) is 0.317. The van der Waals surface area contributed by atoms with Gasteiger partial charge in [0.05, 0.1) is 0 Å². The summed E-state index contributed by atoms with van der Waals surface area (Å²) in [7, 11) is 0. The van der Waals surface area contributed by atoms with Crippen LogP contribution in [0.1, 0.15) is 5.56 Å². The number of aliphatic hydroxyl groups is 1. The van der Waals surface area contributed by atoms with Crippen LogP contribution in [0.2, 0.25) is 0 Å². The van der Waals surface area contributed by atoms with Gasteiger partial charge in [0.25, 0.3) is 0 Å². The monoisotopic (exact) mass is 377 g/mol. The van der Waals surface area contributed by atoms with Gasteiger partial charge in [-0.25, -0.2) is 9.59 Å². The zero-order valence-electron chi connectivity index (χ0n) is 14.6. The Labute approximate surface area is 156 Å². The van der Waals surface area contributed by atoms with Gasteiger partial charge in [0.1, 0.15) is 24.2 Å². The molecular weight excluding hydrogens is 354 g/mol. The lowest BCUT2D eigenvalue weighted by Crippen LogP contribution is -2.32. The van der Waals surface area contributed by atoms with E-state index in [1.165, 1.54) is 0 Å². The molecule has 8 nitrogen and oxygen atoms in total. The quantitative estimate of drug-likeness (QED) is 0.341. The summed E-state index contributed by atoms with van der Waals surface area (Å²) >= 11 is 0. The Morgan fingerprint density at radius 3 is 2.11 bits per heavy atom. The van der Waals surface area contributed by atoms with Crippen LogP contribution in [0.3, 0.4) is 0 Å². The third kappa shape index (κ3) is 10.5. The zero-order valence-corrected chi connectivity index (χ0v) is 14.6. The minimum absolute atomic E-state index is 0.274. The standard InChI is InChI=1S/C17H21NO3.C2H2O4/c19-15-8-6-14(7-9-15)10-11-18-12-16(20)13-21-17-4-2-1-3-5-17;3-1(4)2(5)6/h1-9,16,18-20H,10-13H2;(H,3,4)(H,5,6). The van der Waals surface area contributed by atoms with Crippen molar-refractivity contribution >= 4 is 11.9 Å². The Hall–Kier alpha value is -3.10. The van der Waals surface area contributed by atoms with Crippen LogP contribution in [0.15, 0.2) is 54.6 Å². The van der Waals surface area contributed by atoms with Crippen molar-refractivity contribution in [2.75, 3.05) is 19.7 Å². The molecule has 0 amide bonds. The highest BCUT2D eigenvalue weighted by atomic mass is 16.5. The van der Waals surface area contributed by atoms with E-state index < -0.39 is 18.0 Å². The van der Waals surface area contributed by atoms with Crippen molar-refractivity contribution in [2.24, 2.45) is 0 Å². The van der Waals surface area contributed by atoms with Gasteiger partial charge in [-0.05, 0) is 42.8 Å². The first-order valence-corrected chi connectivity index (χ1v) is 8.19. The number of aromatic hydroxyl groups is 1. The number of hydrogen-bond donors (Lipinski definition) is 5. The molecule has 0 aromatic heterocycles. The zero-order chi connectivity index (χ0) is 20.1. The van der Waals surface area contributed by atoms with Crippen LogP contribution < -0.4 is 10.1 Å². The molecule has 5 N–H and O–H groups in total. The molecule has 0 saturated heterocycles. The number of aliphatic hydroxyl groups excluding tert-OH is 1. The van der Waals surface area contributed by atoms with Crippen LogP contribution in [0.5, 0.6) is 11.5 Å². The average molecular weight is 377 g/mol. The highest BCUT2D eigenvalue weighted by Crippen LogP contribution is 2.10. The molecule has 2 aromatic carbocycles. The minimum Gasteiger partial charge on any atom is -0.508 e. The molecule has 1 atom stereocenters. The number of phenolic OH excluding ortho intramolecular Hbond substituents is 1. The van der Waals surface area contributed by atoms with Crippen LogP contribution in [0.4, 0.5) is 0 Å². The number of hydrogen-bond acceptors (Lipinski definition) is 6. The van der Waals surface area contributed by atoms with Gasteiger partial charge in [0.2, 0.25) is 0 Å². The summed E-state index contributed by atoms with van der Waals surface area (Å²) in [5.41, 5.74) is 1.15. The molecule has 0 aliphatic rings. The molecule has 8 heteroatoms. The van der Waals surface area contributed by atoms with Gasteiger partial charge in [-0.3, -0.25) is 0 Å². The normalized spacial score (nSPS) is 11.0. The van der Waals surface area contributed by atoms with Crippen molar-refractivity contribution in [1.29, 1.82) is 0 Å². The molecule has 0 fully saturated rings. The third-order valence-corrected chi connectivity index (χ3v) is 3.28. The van der Waals surface area contributed by atoms with Gasteiger partial charge in [0, 0.05) is 6.54 Å². The molecule has 0 bridgehead atoms. The fourth-order valence-corrected chi connectivity index (χ4v) is 1.93. The number of rotatable bonds is 8. The predicted octanol–water partition coefficient (Wildman–Crippen LogP) is 1.12. The largest absolute Gasteiger partial charge is 0.508 e. The number of carbonyl (C=O) groups is 2. The number of para-hydroxylation sites is 1. The second-order valence-corrected chi connectivity index (χ2v) is 5.51. The van der Waals surface area contributed by atoms with E-state index in [-0.39, 0.29) is 12.4 Å². The first kappa shape index (κ1) is 21.9. The summed E-state index contributed by atoms with van der Waals surface area (Å²) in [5, 5.41) is 37.0. The highest BCUT2D eigenvalue weighted by molar-refractivity contribution is 6.27. The smallest absolute Gasteiger partial charge is 0.414 e. The van der Waals surface area contributed by atoms with Crippen LogP contribution in [-0.4, -0.2) is 58.2 Å². The summed E-state index contributed by atoms with van der Waals surface area (Å²) in [4.78, 5) is 18.2. The van der Waals surface area contributed by atoms with Crippen molar-refractivity contribution in [3.63, 3.8) is 0 Å². The van der Waals surface area contributed by atoms with Crippen molar-refractivity contribution in [2.45, 2.75) is 12.5 Å². The Balaban J connectivity index is 0.000000527. The van der Waals surface area contributed by atoms with Gasteiger partial charge in [-0.2, -0.15) is 0 Å². The number of carboxylic acids is 2. The van der Waals surface area contributed by atoms with E-state index in [4.69, 9.17) is 24.5 Å². The summed E-state index contributed by atoms with van der Waals surface area (Å²) < 4.78 is 5.48. The summed E-state index contributed by atoms with van der Waals surface area (Å²) in [5.74, 6) is -2.61. The number of aliphatic carboxylic acids is 2. The molecule has 0 aliphatic carbocycles. The second kappa shape index (κ2) is 12.3. The maximum atomic E-state index is 9.82. The van der Waals surface area contributed by atoms with Gasteiger partial charge in [-0.15, -0.1) is 0 Å². The van der Waals surface area contributed by atoms with Crippen molar-refractivity contribution in [3.8, 4) is 11.5 Å². The molecule has 0 spiro atoms. The molecule has 27 heavy (non-hydrogen) atoms. The number of benzene rings is 2. The van der Waals surface area contributed by atoms with Crippen LogP contribution in [0.25, 0.3) is 0 Å². The average Bonchev–Trinajstić information content (AvgIpc) is 2.66. The topological polar surface area (TPSA) is 136 Å². The first-order valence-electron chi connectivity index (χ1n) is 8.19. The molecule has 1 unspecified atom stereocenters. The van der Waals surface area contributed by atoms with E-state index in [9.17, 15) is 10.2 Å². The van der Waals surface area contributed by atoms with Crippen LogP contribution in [-0.2, 0) is 16.0 Å². The maximum Gasteiger partial charge on any atom is 0.414 e. The Bertz CT molecular complexity index is 677. The Morgan fingerprint density at radius 2 is 1.56 bits per heavy atom. The molecule has 0 saturated carbocycles. The maximum absolute atomic E-state index is 9.82. The van der Waals surface area contributed by atoms with Crippen LogP contribution in [0, 0.1) is 0 Å². The van der Waals surface area contributed by atoms with E-state index in [0.717, 1.165) is 24.3 Å². The van der Waals surface area contributed by atoms with E-state index >= 15 is 0 Å². The van der Waals surface area contributed by atoms with Crippen LogP contribution >= 0.6 is 0 Å². The Morgan fingerprint density at radius 1 is 0.963 bits per heavy atom. The molecule has 0 radical (unpaired) electrons. The second-order valence-electron chi connectivity index (χ2n) is 5.51. The van der Waals surface area contributed by atoms with Crippen molar-refractivity contribution in [3.05, 3.63) is 60.2 Å². The summed E-state index contributed by atoms with van der Waals surface area (Å²) in [6, 6.07) is 16.6. The fourth-order valence-electron chi connectivity index (χ4n) is 1.93. The molecule has 2 rings (SSSR count). The Kier molecular flexibility index (Phi) is 9.98. The first-order chi connectivity index (χ1) is 12.9. The lowest BCUT2D eigenvalue weighted by atomic mass is 10.1. The fraction of sp³-hybridized carbons (Fsp3) is 0.263. The number of phenols is 1. The van der Waals surface area contributed by atoms with E-state index in [2.05, 4.69) is 5.32 Å². The summed E-state index contributed by atoms with van der Waals surface area (Å²) in [6.45, 7) is 1.54. The predicted molar refractivity (Wildman–Crippen MR) is 97.9 cm³/mol. The SMILES string of the molecule is O=C(O)C(=O)O.Oc1ccc(CCNCC(O)COc2ccccc2)cc1. The van der Waals surface area contributed by atoms with E-state index in [0.29, 0.717) is 6.54 Å². The number of carboxylic acid groups (broad SMARTS) is 2. The number of nitrogens with one attached hydrogen (secondary N) is 1. The van der Waals surface area contributed by atoms with E-state index in [1.54, 1.807) is 12.1 Å². The van der Waals surface area contributed by atoms with Crippen molar-refractivity contribution < 1.29 is 34.8 Å². The molecule has 0 aliphatic heterocycles. The third-order valence-electron chi connectivity index (χ3n) is 3.28. The molecule has 0 heterocycles. The number of ether oxygens (including phenoxy) is 1. The molecule has 146 valence electrons. The van der Waals surface area contributed by atoms with Crippen molar-refractivity contribution in [1.82, 2.24) is 5.32 Å².